The molecule has 0 bridgehead atoms. The highest BCUT2D eigenvalue weighted by atomic mass is 15.2. The van der Waals surface area contributed by atoms with E-state index in [4.69, 9.17) is 5.73 Å². The van der Waals surface area contributed by atoms with Gasteiger partial charge in [-0.05, 0) is 37.3 Å². The second-order valence-electron chi connectivity index (χ2n) is 4.44. The third kappa shape index (κ3) is 2.61. The first-order chi connectivity index (χ1) is 7.25. The molecule has 0 spiro atoms. The maximum atomic E-state index is 5.69. The number of nitrogens with zero attached hydrogens (tertiary/aromatic N) is 2. The molecule has 1 atom stereocenters. The zero-order chi connectivity index (χ0) is 10.7. The van der Waals surface area contributed by atoms with Crippen molar-refractivity contribution in [2.45, 2.75) is 26.2 Å². The van der Waals surface area contributed by atoms with Gasteiger partial charge in [0.25, 0.3) is 0 Å². The minimum atomic E-state index is 0.616. The topological polar surface area (TPSA) is 42.1 Å². The highest BCUT2D eigenvalue weighted by molar-refractivity contribution is 5.44. The Balaban J connectivity index is 2.09. The Labute approximate surface area is 91.3 Å². The molecule has 1 aromatic rings. The number of nitrogens with two attached hydrogens (primary N) is 1. The molecular weight excluding hydrogens is 186 g/mol. The van der Waals surface area contributed by atoms with Crippen LogP contribution in [0.3, 0.4) is 0 Å². The van der Waals surface area contributed by atoms with Crippen molar-refractivity contribution in [3.63, 3.8) is 0 Å². The molecule has 2 N–H and O–H groups in total. The van der Waals surface area contributed by atoms with E-state index < -0.39 is 0 Å². The summed E-state index contributed by atoms with van der Waals surface area (Å²) >= 11 is 0. The fourth-order valence-corrected chi connectivity index (χ4v) is 2.11. The fraction of sp³-hybridized carbons (Fsp3) is 0.583. The number of pyridine rings is 1. The number of nitrogen functional groups attached to an aromatic ring is 1. The zero-order valence-corrected chi connectivity index (χ0v) is 9.32. The van der Waals surface area contributed by atoms with Gasteiger partial charge in [0.15, 0.2) is 0 Å². The van der Waals surface area contributed by atoms with E-state index >= 15 is 0 Å². The van der Waals surface area contributed by atoms with Crippen molar-refractivity contribution in [1.29, 1.82) is 0 Å². The maximum absolute atomic E-state index is 5.69. The first-order valence-corrected chi connectivity index (χ1v) is 5.73. The van der Waals surface area contributed by atoms with Gasteiger partial charge in [-0.15, -0.1) is 0 Å². The smallest absolute Gasteiger partial charge is 0.130 e. The molecule has 0 aromatic carbocycles. The Kier molecular flexibility index (Phi) is 3.09. The Morgan fingerprint density at radius 2 is 2.20 bits per heavy atom. The van der Waals surface area contributed by atoms with Crippen LogP contribution in [-0.4, -0.2) is 18.1 Å². The van der Waals surface area contributed by atoms with Crippen LogP contribution in [-0.2, 0) is 0 Å². The second kappa shape index (κ2) is 4.51. The van der Waals surface area contributed by atoms with E-state index in [1.807, 2.05) is 18.2 Å². The Morgan fingerprint density at radius 1 is 1.33 bits per heavy atom. The quantitative estimate of drug-likeness (QED) is 0.765. The summed E-state index contributed by atoms with van der Waals surface area (Å²) < 4.78 is 0. The van der Waals surface area contributed by atoms with E-state index in [1.54, 1.807) is 0 Å². The molecule has 0 radical (unpaired) electrons. The number of hydrogen-bond acceptors (Lipinski definition) is 3. The molecule has 82 valence electrons. The summed E-state index contributed by atoms with van der Waals surface area (Å²) in [6, 6.07) is 5.86. The van der Waals surface area contributed by atoms with Crippen molar-refractivity contribution in [2.75, 3.05) is 23.7 Å². The lowest BCUT2D eigenvalue weighted by molar-refractivity contribution is 0.521. The van der Waals surface area contributed by atoms with Crippen LogP contribution in [0.2, 0.25) is 0 Å². The second-order valence-corrected chi connectivity index (χ2v) is 4.44. The summed E-state index contributed by atoms with van der Waals surface area (Å²) in [5, 5.41) is 0. The Bertz CT molecular complexity index is 324. The first-order valence-electron chi connectivity index (χ1n) is 5.73. The standard InChI is InChI=1S/C12H19N3/c1-10-4-3-8-15(9-7-10)12-6-2-5-11(13)14-12/h2,5-6,10H,3-4,7-9H2,1H3,(H2,13,14). The number of rotatable bonds is 1. The van der Waals surface area contributed by atoms with Crippen LogP contribution < -0.4 is 10.6 Å². The normalized spacial score (nSPS) is 22.5. The van der Waals surface area contributed by atoms with Crippen molar-refractivity contribution >= 4 is 11.6 Å². The van der Waals surface area contributed by atoms with Crippen molar-refractivity contribution < 1.29 is 0 Å². The van der Waals surface area contributed by atoms with E-state index in [9.17, 15) is 0 Å². The van der Waals surface area contributed by atoms with Gasteiger partial charge in [-0.2, -0.15) is 0 Å². The van der Waals surface area contributed by atoms with Crippen LogP contribution in [0.4, 0.5) is 11.6 Å². The van der Waals surface area contributed by atoms with E-state index in [0.29, 0.717) is 5.82 Å². The minimum Gasteiger partial charge on any atom is -0.384 e. The summed E-state index contributed by atoms with van der Waals surface area (Å²) in [6.07, 6.45) is 3.85. The van der Waals surface area contributed by atoms with Crippen LogP contribution in [0, 0.1) is 5.92 Å². The van der Waals surface area contributed by atoms with Crippen LogP contribution in [0.1, 0.15) is 26.2 Å². The van der Waals surface area contributed by atoms with Crippen molar-refractivity contribution in [1.82, 2.24) is 4.98 Å². The molecule has 2 rings (SSSR count). The summed E-state index contributed by atoms with van der Waals surface area (Å²) in [6.45, 7) is 4.55. The van der Waals surface area contributed by atoms with Gasteiger partial charge in [0.05, 0.1) is 0 Å². The maximum Gasteiger partial charge on any atom is 0.130 e. The molecule has 3 nitrogen and oxygen atoms in total. The summed E-state index contributed by atoms with van der Waals surface area (Å²) in [5.74, 6) is 2.49. The largest absolute Gasteiger partial charge is 0.384 e. The van der Waals surface area contributed by atoms with Crippen molar-refractivity contribution in [2.24, 2.45) is 5.92 Å². The van der Waals surface area contributed by atoms with Gasteiger partial charge in [-0.25, -0.2) is 4.98 Å². The van der Waals surface area contributed by atoms with Crippen LogP contribution in [0.25, 0.3) is 0 Å². The average molecular weight is 205 g/mol. The molecular formula is C12H19N3. The van der Waals surface area contributed by atoms with E-state index in [1.165, 1.54) is 19.3 Å². The molecule has 1 aliphatic rings. The van der Waals surface area contributed by atoms with Gasteiger partial charge in [-0.3, -0.25) is 0 Å². The summed E-state index contributed by atoms with van der Waals surface area (Å²) in [4.78, 5) is 6.71. The fourth-order valence-electron chi connectivity index (χ4n) is 2.11. The first kappa shape index (κ1) is 10.3. The highest BCUT2D eigenvalue weighted by Crippen LogP contribution is 2.21. The molecule has 0 saturated carbocycles. The van der Waals surface area contributed by atoms with Crippen molar-refractivity contribution in [3.05, 3.63) is 18.2 Å². The van der Waals surface area contributed by atoms with Gasteiger partial charge in [0.2, 0.25) is 0 Å². The molecule has 1 unspecified atom stereocenters. The lowest BCUT2D eigenvalue weighted by atomic mass is 10.0. The molecule has 15 heavy (non-hydrogen) atoms. The van der Waals surface area contributed by atoms with Gasteiger partial charge in [0.1, 0.15) is 11.6 Å². The molecule has 0 aliphatic carbocycles. The predicted molar refractivity (Wildman–Crippen MR) is 63.9 cm³/mol. The predicted octanol–water partition coefficient (Wildman–Crippen LogP) is 2.29. The Hall–Kier alpha value is -1.25. The van der Waals surface area contributed by atoms with Gasteiger partial charge < -0.3 is 10.6 Å². The Morgan fingerprint density at radius 3 is 3.00 bits per heavy atom. The molecule has 3 heteroatoms. The molecule has 1 aromatic heterocycles. The summed E-state index contributed by atoms with van der Waals surface area (Å²) in [5.41, 5.74) is 5.69. The number of aromatic nitrogens is 1. The van der Waals surface area contributed by atoms with Crippen molar-refractivity contribution in [3.8, 4) is 0 Å². The zero-order valence-electron chi connectivity index (χ0n) is 9.32. The summed E-state index contributed by atoms with van der Waals surface area (Å²) in [7, 11) is 0. The molecule has 2 heterocycles. The van der Waals surface area contributed by atoms with Gasteiger partial charge in [-0.1, -0.05) is 13.0 Å². The SMILES string of the molecule is CC1CCCN(c2cccc(N)n2)CC1. The van der Waals surface area contributed by atoms with Gasteiger partial charge in [0, 0.05) is 13.1 Å². The van der Waals surface area contributed by atoms with E-state index in [-0.39, 0.29) is 0 Å². The lowest BCUT2D eigenvalue weighted by Crippen LogP contribution is -2.25. The highest BCUT2D eigenvalue weighted by Gasteiger charge is 2.14. The van der Waals surface area contributed by atoms with Crippen LogP contribution in [0.5, 0.6) is 0 Å². The monoisotopic (exact) mass is 205 g/mol. The average Bonchev–Trinajstić information content (AvgIpc) is 2.43. The van der Waals surface area contributed by atoms with Gasteiger partial charge >= 0.3 is 0 Å². The van der Waals surface area contributed by atoms with E-state index in [2.05, 4.69) is 16.8 Å². The van der Waals surface area contributed by atoms with Crippen LogP contribution in [0.15, 0.2) is 18.2 Å². The molecule has 0 amide bonds. The van der Waals surface area contributed by atoms with Crippen LogP contribution >= 0.6 is 0 Å². The number of anilines is 2. The third-order valence-electron chi connectivity index (χ3n) is 3.10. The third-order valence-corrected chi connectivity index (χ3v) is 3.10. The molecule has 1 aliphatic heterocycles. The molecule has 1 fully saturated rings. The lowest BCUT2D eigenvalue weighted by Gasteiger charge is -2.21. The van der Waals surface area contributed by atoms with E-state index in [0.717, 1.165) is 24.8 Å². The minimum absolute atomic E-state index is 0.616. The molecule has 1 saturated heterocycles. The number of hydrogen-bond donors (Lipinski definition) is 1.